The van der Waals surface area contributed by atoms with Gasteiger partial charge in [0.1, 0.15) is 6.29 Å². The van der Waals surface area contributed by atoms with Crippen LogP contribution >= 0.6 is 0 Å². The van der Waals surface area contributed by atoms with Gasteiger partial charge in [0.25, 0.3) is 0 Å². The van der Waals surface area contributed by atoms with Crippen molar-refractivity contribution >= 4 is 35.8 Å². The third-order valence-electron chi connectivity index (χ3n) is 0.374. The zero-order valence-electron chi connectivity index (χ0n) is 3.35. The number of unbranched alkanes of at least 4 members (excludes halogenated alkanes) is 1. The van der Waals surface area contributed by atoms with Gasteiger partial charge in [0.15, 0.2) is 0 Å². The normalized spacial score (nSPS) is 5.57. The van der Waals surface area contributed by atoms with Gasteiger partial charge in [-0.15, -0.1) is 0 Å². The van der Waals surface area contributed by atoms with E-state index in [1.807, 2.05) is 6.07 Å². The first-order valence-corrected chi connectivity index (χ1v) is 1.72. The number of hydrogen-bond acceptors (Lipinski definition) is 2. The molecule has 0 atom stereocenters. The van der Waals surface area contributed by atoms with Gasteiger partial charge in [0.05, 0.1) is 6.07 Å². The molecule has 34 valence electrons. The molecule has 0 aliphatic carbocycles. The Balaban J connectivity index is 0. The molecule has 0 bridgehead atoms. The second kappa shape index (κ2) is 9.48. The van der Waals surface area contributed by atoms with Crippen LogP contribution in [0, 0.1) is 11.3 Å². The minimum atomic E-state index is 0. The summed E-state index contributed by atoms with van der Waals surface area (Å²) in [4.78, 5) is 9.41. The molecule has 2 nitrogen and oxygen atoms in total. The first kappa shape index (κ1) is 10.2. The van der Waals surface area contributed by atoms with E-state index in [1.165, 1.54) is 0 Å². The Morgan fingerprint density at radius 3 is 2.43 bits per heavy atom. The fraction of sp³-hybridized carbons (Fsp3) is 0.500. The first-order valence-electron chi connectivity index (χ1n) is 1.72. The third-order valence-corrected chi connectivity index (χ3v) is 0.374. The zero-order chi connectivity index (χ0) is 4.83. The molecule has 0 aromatic rings. The third kappa shape index (κ3) is 10.7. The quantitative estimate of drug-likeness (QED) is 0.279. The molecule has 0 aromatic heterocycles. The van der Waals surface area contributed by atoms with Crippen molar-refractivity contribution < 1.29 is 4.79 Å². The number of aldehydes is 1. The molecule has 0 amide bonds. The van der Waals surface area contributed by atoms with Gasteiger partial charge in [0.2, 0.25) is 0 Å². The van der Waals surface area contributed by atoms with Gasteiger partial charge in [-0.2, -0.15) is 5.26 Å². The van der Waals surface area contributed by atoms with Gasteiger partial charge in [-0.05, 0) is 0 Å². The van der Waals surface area contributed by atoms with Gasteiger partial charge in [-0.25, -0.2) is 0 Å². The van der Waals surface area contributed by atoms with Crippen molar-refractivity contribution in [2.24, 2.45) is 0 Å². The maximum absolute atomic E-state index is 9.41. The number of carbonyl (C=O) groups excluding carboxylic acids is 1. The predicted octanol–water partition coefficient (Wildman–Crippen LogP) is -0.159. The van der Waals surface area contributed by atoms with Crippen molar-refractivity contribution in [3.05, 3.63) is 0 Å². The average molecular weight is 107 g/mol. The maximum atomic E-state index is 9.41. The standard InChI is InChI=1S/C4H5NO.Na.H/c5-3-1-2-4-6;;/h4H,1-2H2;;. The van der Waals surface area contributed by atoms with Crippen molar-refractivity contribution in [1.29, 1.82) is 5.26 Å². The Kier molecular flexibility index (Phi) is 13.8. The van der Waals surface area contributed by atoms with Crippen LogP contribution in [0.4, 0.5) is 0 Å². The van der Waals surface area contributed by atoms with Crippen molar-refractivity contribution in [2.75, 3.05) is 0 Å². The Hall–Kier alpha value is 0.160. The summed E-state index contributed by atoms with van der Waals surface area (Å²) in [6.45, 7) is 0. The molecular weight excluding hydrogens is 101 g/mol. The number of nitrogens with zero attached hydrogens (tertiary/aromatic N) is 1. The molecule has 0 rings (SSSR count). The Morgan fingerprint density at radius 2 is 2.29 bits per heavy atom. The van der Waals surface area contributed by atoms with E-state index < -0.39 is 0 Å². The van der Waals surface area contributed by atoms with Crippen LogP contribution in [-0.4, -0.2) is 35.8 Å². The predicted molar refractivity (Wildman–Crippen MR) is 28.1 cm³/mol. The SMILES string of the molecule is N#CCCC=O.[NaH]. The topological polar surface area (TPSA) is 40.9 Å². The van der Waals surface area contributed by atoms with E-state index in [4.69, 9.17) is 5.26 Å². The van der Waals surface area contributed by atoms with Crippen LogP contribution in [0.25, 0.3) is 0 Å². The van der Waals surface area contributed by atoms with E-state index in [0.29, 0.717) is 12.8 Å². The van der Waals surface area contributed by atoms with E-state index in [9.17, 15) is 4.79 Å². The molecule has 0 saturated heterocycles. The number of carbonyl (C=O) groups is 1. The van der Waals surface area contributed by atoms with E-state index in [2.05, 4.69) is 0 Å². The fourth-order valence-electron chi connectivity index (χ4n) is 0.123. The number of hydrogen-bond donors (Lipinski definition) is 0. The van der Waals surface area contributed by atoms with Crippen LogP contribution < -0.4 is 0 Å². The second-order valence-corrected chi connectivity index (χ2v) is 0.863. The van der Waals surface area contributed by atoms with E-state index >= 15 is 0 Å². The van der Waals surface area contributed by atoms with Gasteiger partial charge in [0, 0.05) is 12.8 Å². The van der Waals surface area contributed by atoms with Gasteiger partial charge in [-0.1, -0.05) is 0 Å². The summed E-state index contributed by atoms with van der Waals surface area (Å²) in [6, 6.07) is 1.84. The molecule has 0 radical (unpaired) electrons. The van der Waals surface area contributed by atoms with Crippen LogP contribution in [0.1, 0.15) is 12.8 Å². The zero-order valence-corrected chi connectivity index (χ0v) is 3.35. The van der Waals surface area contributed by atoms with Crippen molar-refractivity contribution in [1.82, 2.24) is 0 Å². The van der Waals surface area contributed by atoms with Crippen LogP contribution in [0.15, 0.2) is 0 Å². The molecule has 0 N–H and O–H groups in total. The average Bonchev–Trinajstić information content (AvgIpc) is 1.61. The minimum absolute atomic E-state index is 0. The first-order chi connectivity index (χ1) is 2.91. The summed E-state index contributed by atoms with van der Waals surface area (Å²) in [5.74, 6) is 0. The fourth-order valence-corrected chi connectivity index (χ4v) is 0.123. The van der Waals surface area contributed by atoms with E-state index in [0.717, 1.165) is 6.29 Å². The second-order valence-electron chi connectivity index (χ2n) is 0.863. The van der Waals surface area contributed by atoms with E-state index in [1.54, 1.807) is 0 Å². The molecule has 0 spiro atoms. The molecule has 0 aromatic carbocycles. The Bertz CT molecular complexity index is 76.2. The van der Waals surface area contributed by atoms with Gasteiger partial charge >= 0.3 is 29.6 Å². The van der Waals surface area contributed by atoms with Crippen LogP contribution in [0.5, 0.6) is 0 Å². The monoisotopic (exact) mass is 107 g/mol. The van der Waals surface area contributed by atoms with Crippen molar-refractivity contribution in [2.45, 2.75) is 12.8 Å². The summed E-state index contributed by atoms with van der Waals surface area (Å²) >= 11 is 0. The van der Waals surface area contributed by atoms with E-state index in [-0.39, 0.29) is 29.6 Å². The number of nitriles is 1. The molecule has 0 fully saturated rings. The summed E-state index contributed by atoms with van der Waals surface area (Å²) in [6.07, 6.45) is 1.46. The van der Waals surface area contributed by atoms with Crippen LogP contribution in [-0.2, 0) is 4.79 Å². The molecule has 3 heteroatoms. The van der Waals surface area contributed by atoms with Crippen molar-refractivity contribution in [3.63, 3.8) is 0 Å². The Labute approximate surface area is 64.8 Å². The number of rotatable bonds is 2. The van der Waals surface area contributed by atoms with Crippen LogP contribution in [0.3, 0.4) is 0 Å². The molecular formula is C4H6NNaO. The molecule has 0 aliphatic rings. The summed E-state index contributed by atoms with van der Waals surface area (Å²) in [5.41, 5.74) is 0. The molecule has 0 saturated carbocycles. The molecule has 0 unspecified atom stereocenters. The Morgan fingerprint density at radius 1 is 1.71 bits per heavy atom. The molecule has 0 aliphatic heterocycles. The summed E-state index contributed by atoms with van der Waals surface area (Å²) in [7, 11) is 0. The summed E-state index contributed by atoms with van der Waals surface area (Å²) in [5, 5.41) is 7.79. The molecule has 0 heterocycles. The van der Waals surface area contributed by atoms with Gasteiger partial charge in [-0.3, -0.25) is 0 Å². The summed E-state index contributed by atoms with van der Waals surface area (Å²) < 4.78 is 0. The van der Waals surface area contributed by atoms with Crippen LogP contribution in [0.2, 0.25) is 0 Å². The molecule has 7 heavy (non-hydrogen) atoms. The van der Waals surface area contributed by atoms with Gasteiger partial charge < -0.3 is 4.79 Å². The van der Waals surface area contributed by atoms with Crippen molar-refractivity contribution in [3.8, 4) is 6.07 Å².